The van der Waals surface area contributed by atoms with Crippen LogP contribution < -0.4 is 0 Å². The highest BCUT2D eigenvalue weighted by atomic mass is 16.1. The van der Waals surface area contributed by atoms with Crippen molar-refractivity contribution in [1.29, 1.82) is 0 Å². The topological polar surface area (TPSA) is 34.1 Å². The third-order valence-electron chi connectivity index (χ3n) is 4.65. The number of carbonyl (C=O) groups excluding carboxylic acids is 2. The van der Waals surface area contributed by atoms with Gasteiger partial charge in [-0.1, -0.05) is 85.7 Å². The average molecular weight is 351 g/mol. The fourth-order valence-electron chi connectivity index (χ4n) is 3.59. The van der Waals surface area contributed by atoms with Gasteiger partial charge in [0, 0.05) is 22.3 Å². The lowest BCUT2D eigenvalue weighted by atomic mass is 9.69. The second-order valence-corrected chi connectivity index (χ2v) is 8.61. The van der Waals surface area contributed by atoms with E-state index < -0.39 is 0 Å². The summed E-state index contributed by atoms with van der Waals surface area (Å²) in [6.45, 7) is 16.8. The van der Waals surface area contributed by atoms with E-state index in [9.17, 15) is 9.59 Å². The number of benzene rings is 2. The molecule has 1 aliphatic rings. The highest BCUT2D eigenvalue weighted by Gasteiger charge is 2.37. The van der Waals surface area contributed by atoms with Crippen LogP contribution in [0.4, 0.5) is 0 Å². The molecule has 0 aliphatic heterocycles. The first-order valence-corrected chi connectivity index (χ1v) is 9.40. The molecule has 0 bridgehead atoms. The van der Waals surface area contributed by atoms with E-state index in [1.54, 1.807) is 12.1 Å². The van der Waals surface area contributed by atoms with Crippen LogP contribution in [0.2, 0.25) is 0 Å². The first kappa shape index (κ1) is 20.1. The first-order chi connectivity index (χ1) is 12.0. The summed E-state index contributed by atoms with van der Waals surface area (Å²) < 4.78 is 0. The second-order valence-electron chi connectivity index (χ2n) is 8.61. The highest BCUT2D eigenvalue weighted by Crippen LogP contribution is 2.41. The number of ketones is 2. The van der Waals surface area contributed by atoms with Crippen molar-refractivity contribution in [1.82, 2.24) is 0 Å². The molecule has 0 spiro atoms. The van der Waals surface area contributed by atoms with E-state index in [1.165, 1.54) is 0 Å². The Labute approximate surface area is 157 Å². The normalized spacial score (nSPS) is 13.5. The molecule has 138 valence electrons. The van der Waals surface area contributed by atoms with Gasteiger partial charge in [-0.05, 0) is 28.0 Å². The van der Waals surface area contributed by atoms with E-state index in [0.717, 1.165) is 11.1 Å². The van der Waals surface area contributed by atoms with E-state index in [1.807, 2.05) is 38.1 Å². The molecule has 0 aromatic heterocycles. The molecule has 0 atom stereocenters. The van der Waals surface area contributed by atoms with Crippen molar-refractivity contribution in [2.75, 3.05) is 0 Å². The zero-order valence-corrected chi connectivity index (χ0v) is 17.3. The Morgan fingerprint density at radius 1 is 0.615 bits per heavy atom. The average Bonchev–Trinajstić information content (AvgIpc) is 2.58. The number of hydrogen-bond acceptors (Lipinski definition) is 2. The molecule has 0 fully saturated rings. The summed E-state index contributed by atoms with van der Waals surface area (Å²) in [6, 6.07) is 11.0. The van der Waals surface area contributed by atoms with Gasteiger partial charge in [0.25, 0.3) is 0 Å². The molecule has 0 saturated heterocycles. The number of carbonyl (C=O) groups is 2. The zero-order chi connectivity index (χ0) is 19.9. The second kappa shape index (κ2) is 6.83. The third kappa shape index (κ3) is 3.25. The quantitative estimate of drug-likeness (QED) is 0.492. The minimum absolute atomic E-state index is 0.0313. The van der Waals surface area contributed by atoms with Gasteiger partial charge in [-0.2, -0.15) is 0 Å². The first-order valence-electron chi connectivity index (χ1n) is 9.40. The smallest absolute Gasteiger partial charge is 0.194 e. The monoisotopic (exact) mass is 350 g/mol. The van der Waals surface area contributed by atoms with Gasteiger partial charge in [0.1, 0.15) is 0 Å². The molecular formula is C24H30O2. The molecule has 2 aromatic rings. The molecule has 26 heavy (non-hydrogen) atoms. The van der Waals surface area contributed by atoms with Crippen LogP contribution in [-0.2, 0) is 10.8 Å². The Hall–Kier alpha value is -2.22. The maximum atomic E-state index is 13.2. The molecule has 2 nitrogen and oxygen atoms in total. The molecule has 0 heterocycles. The largest absolute Gasteiger partial charge is 0.289 e. The molecule has 0 N–H and O–H groups in total. The van der Waals surface area contributed by atoms with Crippen LogP contribution in [0.15, 0.2) is 36.4 Å². The Morgan fingerprint density at radius 3 is 1.58 bits per heavy atom. The van der Waals surface area contributed by atoms with Gasteiger partial charge >= 0.3 is 0 Å². The summed E-state index contributed by atoms with van der Waals surface area (Å²) >= 11 is 0. The van der Waals surface area contributed by atoms with Crippen molar-refractivity contribution < 1.29 is 9.59 Å². The predicted molar refractivity (Wildman–Crippen MR) is 108 cm³/mol. The van der Waals surface area contributed by atoms with E-state index >= 15 is 0 Å². The number of rotatable bonds is 0. The molecule has 2 aromatic carbocycles. The summed E-state index contributed by atoms with van der Waals surface area (Å²) in [5.74, 6) is -0.0811. The molecule has 0 radical (unpaired) electrons. The lowest BCUT2D eigenvalue weighted by Gasteiger charge is -2.34. The summed E-state index contributed by atoms with van der Waals surface area (Å²) in [5, 5.41) is 0. The van der Waals surface area contributed by atoms with E-state index in [-0.39, 0.29) is 22.4 Å². The maximum Gasteiger partial charge on any atom is 0.194 e. The van der Waals surface area contributed by atoms with Gasteiger partial charge in [-0.15, -0.1) is 0 Å². The molecule has 2 heteroatoms. The van der Waals surface area contributed by atoms with Crippen molar-refractivity contribution in [3.8, 4) is 0 Å². The van der Waals surface area contributed by atoms with Gasteiger partial charge in [-0.25, -0.2) is 0 Å². The standard InChI is InChI=1S/C22H24O2.C2H6/c1-21(2,3)16-12-11-15-17(18(16)22(4,5)6)20(24)14-10-8-7-9-13(14)19(15)23;1-2/h7-12H,1-6H3;1-2H3. The van der Waals surface area contributed by atoms with Crippen molar-refractivity contribution in [3.63, 3.8) is 0 Å². The van der Waals surface area contributed by atoms with Crippen molar-refractivity contribution in [2.45, 2.75) is 66.2 Å². The van der Waals surface area contributed by atoms with Crippen molar-refractivity contribution >= 4 is 11.6 Å². The molecule has 3 rings (SSSR count). The Morgan fingerprint density at radius 2 is 1.12 bits per heavy atom. The summed E-state index contributed by atoms with van der Waals surface area (Å²) in [4.78, 5) is 26.2. The van der Waals surface area contributed by atoms with E-state index in [0.29, 0.717) is 22.3 Å². The Bertz CT molecular complexity index is 859. The predicted octanol–water partition coefficient (Wildman–Crippen LogP) is 6.08. The van der Waals surface area contributed by atoms with Crippen LogP contribution in [0.1, 0.15) is 98.4 Å². The van der Waals surface area contributed by atoms with Gasteiger partial charge in [-0.3, -0.25) is 9.59 Å². The lowest BCUT2D eigenvalue weighted by molar-refractivity contribution is 0.0977. The minimum Gasteiger partial charge on any atom is -0.289 e. The molecule has 0 amide bonds. The van der Waals surface area contributed by atoms with E-state index in [4.69, 9.17) is 0 Å². The molecular weight excluding hydrogens is 320 g/mol. The summed E-state index contributed by atoms with van der Waals surface area (Å²) in [5.41, 5.74) is 3.98. The van der Waals surface area contributed by atoms with Crippen LogP contribution in [0.25, 0.3) is 0 Å². The van der Waals surface area contributed by atoms with Crippen LogP contribution >= 0.6 is 0 Å². The summed E-state index contributed by atoms with van der Waals surface area (Å²) in [6.07, 6.45) is 0. The fourth-order valence-corrected chi connectivity index (χ4v) is 3.59. The van der Waals surface area contributed by atoms with Crippen LogP contribution in [-0.4, -0.2) is 11.6 Å². The molecule has 0 unspecified atom stereocenters. The van der Waals surface area contributed by atoms with Crippen molar-refractivity contribution in [3.05, 3.63) is 69.8 Å². The van der Waals surface area contributed by atoms with Gasteiger partial charge in [0.2, 0.25) is 0 Å². The third-order valence-corrected chi connectivity index (χ3v) is 4.65. The van der Waals surface area contributed by atoms with Gasteiger partial charge in [0.15, 0.2) is 11.6 Å². The zero-order valence-electron chi connectivity index (χ0n) is 17.3. The minimum atomic E-state index is -0.226. The summed E-state index contributed by atoms with van der Waals surface area (Å²) in [7, 11) is 0. The van der Waals surface area contributed by atoms with E-state index in [2.05, 4.69) is 41.5 Å². The maximum absolute atomic E-state index is 13.2. The van der Waals surface area contributed by atoms with Crippen molar-refractivity contribution in [2.24, 2.45) is 0 Å². The highest BCUT2D eigenvalue weighted by molar-refractivity contribution is 6.29. The Kier molecular flexibility index (Phi) is 5.28. The van der Waals surface area contributed by atoms with Crippen LogP contribution in [0.3, 0.4) is 0 Å². The molecule has 1 aliphatic carbocycles. The van der Waals surface area contributed by atoms with Gasteiger partial charge < -0.3 is 0 Å². The lowest BCUT2D eigenvalue weighted by Crippen LogP contribution is -2.30. The SMILES string of the molecule is CC.CC(C)(C)c1ccc2c(c1C(C)(C)C)C(=O)c1ccccc1C2=O. The van der Waals surface area contributed by atoms with Crippen LogP contribution in [0, 0.1) is 0 Å². The number of fused-ring (bicyclic) bond motifs is 2. The van der Waals surface area contributed by atoms with Crippen LogP contribution in [0.5, 0.6) is 0 Å². The number of hydrogen-bond donors (Lipinski definition) is 0. The Balaban J connectivity index is 0.00000117. The molecule has 0 saturated carbocycles. The van der Waals surface area contributed by atoms with Gasteiger partial charge in [0.05, 0.1) is 0 Å². The fraction of sp³-hybridized carbons (Fsp3) is 0.417.